The molecular formula is C14H24N2O3. The minimum atomic E-state index is -0.871. The maximum Gasteiger partial charge on any atom is 0.326 e. The summed E-state index contributed by atoms with van der Waals surface area (Å²) in [6.45, 7) is 5.44. The molecule has 0 bridgehead atoms. The van der Waals surface area contributed by atoms with Gasteiger partial charge in [0.15, 0.2) is 0 Å². The largest absolute Gasteiger partial charge is 0.480 e. The highest BCUT2D eigenvalue weighted by Crippen LogP contribution is 2.26. The van der Waals surface area contributed by atoms with Crippen molar-refractivity contribution in [3.63, 3.8) is 0 Å². The maximum absolute atomic E-state index is 12.6. The van der Waals surface area contributed by atoms with E-state index >= 15 is 0 Å². The Bertz CT molecular complexity index is 359. The van der Waals surface area contributed by atoms with Gasteiger partial charge in [0.2, 0.25) is 0 Å². The van der Waals surface area contributed by atoms with Crippen molar-refractivity contribution in [1.82, 2.24) is 9.80 Å². The molecule has 2 aliphatic heterocycles. The van der Waals surface area contributed by atoms with Crippen LogP contribution in [0.4, 0.5) is 4.79 Å². The zero-order valence-corrected chi connectivity index (χ0v) is 11.8. The van der Waals surface area contributed by atoms with E-state index in [9.17, 15) is 14.7 Å². The number of piperidine rings is 2. The quantitative estimate of drug-likeness (QED) is 0.792. The fourth-order valence-electron chi connectivity index (χ4n) is 3.15. The minimum Gasteiger partial charge on any atom is -0.480 e. The number of aliphatic carboxylic acids is 1. The number of carbonyl (C=O) groups excluding carboxylic acids is 1. The molecule has 2 rings (SSSR count). The fraction of sp³-hybridized carbons (Fsp3) is 0.857. The van der Waals surface area contributed by atoms with E-state index in [1.54, 1.807) is 4.90 Å². The number of carbonyl (C=O) groups is 2. The molecule has 3 atom stereocenters. The lowest BCUT2D eigenvalue weighted by molar-refractivity contribution is -0.144. The molecule has 5 heteroatoms. The topological polar surface area (TPSA) is 60.9 Å². The van der Waals surface area contributed by atoms with E-state index in [1.807, 2.05) is 4.90 Å². The lowest BCUT2D eigenvalue weighted by atomic mass is 9.92. The first-order valence-electron chi connectivity index (χ1n) is 7.30. The third kappa shape index (κ3) is 3.01. The molecule has 0 aliphatic carbocycles. The molecule has 108 valence electrons. The van der Waals surface area contributed by atoms with Crippen LogP contribution in [-0.2, 0) is 4.79 Å². The summed E-state index contributed by atoms with van der Waals surface area (Å²) in [5.74, 6) is -0.492. The number of carboxylic acids is 1. The first-order chi connectivity index (χ1) is 9.00. The Balaban J connectivity index is 2.09. The predicted octanol–water partition coefficient (Wildman–Crippen LogP) is 2.17. The molecule has 1 N–H and O–H groups in total. The second-order valence-electron chi connectivity index (χ2n) is 6.00. The highest BCUT2D eigenvalue weighted by atomic mass is 16.4. The summed E-state index contributed by atoms with van der Waals surface area (Å²) in [5, 5.41) is 9.33. The molecule has 2 aliphatic rings. The zero-order chi connectivity index (χ0) is 14.0. The van der Waals surface area contributed by atoms with Gasteiger partial charge < -0.3 is 14.9 Å². The molecule has 3 unspecified atom stereocenters. The lowest BCUT2D eigenvalue weighted by Crippen LogP contribution is -2.56. The molecular weight excluding hydrogens is 244 g/mol. The standard InChI is InChI=1S/C14H24N2O3/c1-10-6-8-16(12(9-10)13(17)18)14(19)15-7-4-3-5-11(15)2/h10-12H,3-9H2,1-2H3,(H,17,18). The van der Waals surface area contributed by atoms with Crippen molar-refractivity contribution in [1.29, 1.82) is 0 Å². The van der Waals surface area contributed by atoms with Gasteiger partial charge in [-0.2, -0.15) is 0 Å². The number of rotatable bonds is 1. The van der Waals surface area contributed by atoms with Gasteiger partial charge in [-0.3, -0.25) is 0 Å². The molecule has 2 fully saturated rings. The Morgan fingerprint density at radius 1 is 1.05 bits per heavy atom. The maximum atomic E-state index is 12.6. The van der Waals surface area contributed by atoms with E-state index in [0.29, 0.717) is 18.9 Å². The van der Waals surface area contributed by atoms with E-state index in [0.717, 1.165) is 32.2 Å². The molecule has 2 amide bonds. The molecule has 2 saturated heterocycles. The first-order valence-corrected chi connectivity index (χ1v) is 7.30. The van der Waals surface area contributed by atoms with Crippen molar-refractivity contribution in [2.45, 2.75) is 58.0 Å². The summed E-state index contributed by atoms with van der Waals surface area (Å²) >= 11 is 0. The summed E-state index contributed by atoms with van der Waals surface area (Å²) in [4.78, 5) is 27.4. The normalized spacial score (nSPS) is 32.2. The molecule has 19 heavy (non-hydrogen) atoms. The second kappa shape index (κ2) is 5.80. The van der Waals surface area contributed by atoms with E-state index in [1.165, 1.54) is 0 Å². The number of amides is 2. The Morgan fingerprint density at radius 3 is 2.42 bits per heavy atom. The lowest BCUT2D eigenvalue weighted by Gasteiger charge is -2.42. The van der Waals surface area contributed by atoms with Crippen LogP contribution in [0.1, 0.15) is 46.0 Å². The number of likely N-dealkylation sites (tertiary alicyclic amines) is 2. The molecule has 0 aromatic heterocycles. The molecule has 0 radical (unpaired) electrons. The van der Waals surface area contributed by atoms with E-state index in [4.69, 9.17) is 0 Å². The molecule has 2 heterocycles. The van der Waals surface area contributed by atoms with Gasteiger partial charge in [-0.25, -0.2) is 9.59 Å². The monoisotopic (exact) mass is 268 g/mol. The van der Waals surface area contributed by atoms with Crippen molar-refractivity contribution in [3.05, 3.63) is 0 Å². The van der Waals surface area contributed by atoms with Gasteiger partial charge in [-0.1, -0.05) is 6.92 Å². The number of urea groups is 1. The third-order valence-electron chi connectivity index (χ3n) is 4.44. The Kier molecular flexibility index (Phi) is 4.32. The number of hydrogen-bond donors (Lipinski definition) is 1. The summed E-state index contributed by atoms with van der Waals surface area (Å²) < 4.78 is 0. The Hall–Kier alpha value is -1.26. The van der Waals surface area contributed by atoms with Crippen LogP contribution in [0, 0.1) is 5.92 Å². The molecule has 0 spiro atoms. The van der Waals surface area contributed by atoms with Crippen LogP contribution in [0.15, 0.2) is 0 Å². The molecule has 0 aromatic rings. The fourth-order valence-corrected chi connectivity index (χ4v) is 3.15. The van der Waals surface area contributed by atoms with Gasteiger partial charge in [-0.05, 0) is 44.9 Å². The summed E-state index contributed by atoms with van der Waals surface area (Å²) in [6.07, 6.45) is 4.68. The van der Waals surface area contributed by atoms with Crippen LogP contribution in [0.5, 0.6) is 0 Å². The summed E-state index contributed by atoms with van der Waals surface area (Å²) in [6, 6.07) is -0.494. The van der Waals surface area contributed by atoms with Gasteiger partial charge in [-0.15, -0.1) is 0 Å². The number of carboxylic acid groups (broad SMARTS) is 1. The van der Waals surface area contributed by atoms with Gasteiger partial charge in [0.25, 0.3) is 0 Å². The van der Waals surface area contributed by atoms with E-state index in [-0.39, 0.29) is 12.1 Å². The highest BCUT2D eigenvalue weighted by Gasteiger charge is 2.38. The van der Waals surface area contributed by atoms with Crippen LogP contribution >= 0.6 is 0 Å². The predicted molar refractivity (Wildman–Crippen MR) is 71.9 cm³/mol. The zero-order valence-electron chi connectivity index (χ0n) is 11.8. The van der Waals surface area contributed by atoms with Crippen LogP contribution in [0.2, 0.25) is 0 Å². The van der Waals surface area contributed by atoms with Gasteiger partial charge in [0.1, 0.15) is 6.04 Å². The van der Waals surface area contributed by atoms with Crippen LogP contribution in [0.3, 0.4) is 0 Å². The number of nitrogens with zero attached hydrogens (tertiary/aromatic N) is 2. The average molecular weight is 268 g/mol. The highest BCUT2D eigenvalue weighted by molar-refractivity contribution is 5.83. The van der Waals surface area contributed by atoms with Crippen molar-refractivity contribution >= 4 is 12.0 Å². The SMILES string of the molecule is CC1CCN(C(=O)N2CCCCC2C)C(C(=O)O)C1. The van der Waals surface area contributed by atoms with Crippen LogP contribution < -0.4 is 0 Å². The minimum absolute atomic E-state index is 0.0773. The van der Waals surface area contributed by atoms with Crippen molar-refractivity contribution in [3.8, 4) is 0 Å². The van der Waals surface area contributed by atoms with Gasteiger partial charge in [0, 0.05) is 19.1 Å². The van der Waals surface area contributed by atoms with Crippen molar-refractivity contribution in [2.24, 2.45) is 5.92 Å². The third-order valence-corrected chi connectivity index (χ3v) is 4.44. The summed E-state index contributed by atoms with van der Waals surface area (Å²) in [7, 11) is 0. The second-order valence-corrected chi connectivity index (χ2v) is 6.00. The van der Waals surface area contributed by atoms with E-state index < -0.39 is 12.0 Å². The van der Waals surface area contributed by atoms with Crippen LogP contribution in [-0.4, -0.2) is 52.1 Å². The Morgan fingerprint density at radius 2 is 1.79 bits per heavy atom. The van der Waals surface area contributed by atoms with Crippen LogP contribution in [0.25, 0.3) is 0 Å². The Labute approximate surface area is 114 Å². The van der Waals surface area contributed by atoms with E-state index in [2.05, 4.69) is 13.8 Å². The van der Waals surface area contributed by atoms with Gasteiger partial charge >= 0.3 is 12.0 Å². The smallest absolute Gasteiger partial charge is 0.326 e. The first kappa shape index (κ1) is 14.2. The summed E-state index contributed by atoms with van der Waals surface area (Å²) in [5.41, 5.74) is 0. The number of hydrogen-bond acceptors (Lipinski definition) is 2. The molecule has 0 saturated carbocycles. The average Bonchev–Trinajstić information content (AvgIpc) is 2.38. The molecule has 5 nitrogen and oxygen atoms in total. The molecule has 0 aromatic carbocycles. The van der Waals surface area contributed by atoms with Crippen molar-refractivity contribution in [2.75, 3.05) is 13.1 Å². The van der Waals surface area contributed by atoms with Gasteiger partial charge in [0.05, 0.1) is 0 Å². The van der Waals surface area contributed by atoms with Crippen molar-refractivity contribution < 1.29 is 14.7 Å².